The molecular formula is C22H24ClN3O2S. The zero-order valence-corrected chi connectivity index (χ0v) is 17.7. The molecule has 0 saturated heterocycles. The molecule has 5 nitrogen and oxygen atoms in total. The van der Waals surface area contributed by atoms with Crippen molar-refractivity contribution < 1.29 is 9.59 Å². The van der Waals surface area contributed by atoms with Crippen LogP contribution in [0.5, 0.6) is 0 Å². The fourth-order valence-electron chi connectivity index (χ4n) is 6.03. The van der Waals surface area contributed by atoms with Gasteiger partial charge in [-0.2, -0.15) is 0 Å². The summed E-state index contributed by atoms with van der Waals surface area (Å²) in [6.45, 7) is -0.0895. The van der Waals surface area contributed by atoms with Crippen molar-refractivity contribution in [1.82, 2.24) is 10.3 Å². The van der Waals surface area contributed by atoms with E-state index in [0.29, 0.717) is 15.7 Å². The SMILES string of the molecule is O=C(CNC(=O)c1ccc(Cl)cc1)Nc1nc(C23CC4CC(CC(C4)C2)C3)cs1. The largest absolute Gasteiger partial charge is 0.343 e. The summed E-state index contributed by atoms with van der Waals surface area (Å²) in [6.07, 6.45) is 7.98. The van der Waals surface area contributed by atoms with Crippen LogP contribution in [0.3, 0.4) is 0 Å². The molecule has 0 unspecified atom stereocenters. The first-order chi connectivity index (χ1) is 14.0. The molecule has 2 aromatic rings. The van der Waals surface area contributed by atoms with Crippen molar-refractivity contribution in [3.63, 3.8) is 0 Å². The van der Waals surface area contributed by atoms with Gasteiger partial charge in [-0.3, -0.25) is 9.59 Å². The number of anilines is 1. The summed E-state index contributed by atoms with van der Waals surface area (Å²) in [7, 11) is 0. The summed E-state index contributed by atoms with van der Waals surface area (Å²) in [4.78, 5) is 29.2. The molecule has 0 radical (unpaired) electrons. The van der Waals surface area contributed by atoms with Crippen molar-refractivity contribution in [2.45, 2.75) is 43.9 Å². The first kappa shape index (κ1) is 19.1. The van der Waals surface area contributed by atoms with Gasteiger partial charge < -0.3 is 10.6 Å². The Balaban J connectivity index is 1.19. The second kappa shape index (κ2) is 7.40. The van der Waals surface area contributed by atoms with Gasteiger partial charge >= 0.3 is 0 Å². The van der Waals surface area contributed by atoms with Crippen LogP contribution in [0.4, 0.5) is 5.13 Å². The molecule has 1 heterocycles. The lowest BCUT2D eigenvalue weighted by Crippen LogP contribution is -2.48. The molecule has 2 N–H and O–H groups in total. The highest BCUT2D eigenvalue weighted by Gasteiger charge is 2.52. The molecule has 6 rings (SSSR count). The summed E-state index contributed by atoms with van der Waals surface area (Å²) in [5.41, 5.74) is 1.87. The number of carbonyl (C=O) groups is 2. The average molecular weight is 430 g/mol. The number of amides is 2. The minimum atomic E-state index is -0.301. The summed E-state index contributed by atoms with van der Waals surface area (Å²) in [5, 5.41) is 8.81. The third kappa shape index (κ3) is 3.80. The Morgan fingerprint density at radius 3 is 2.31 bits per heavy atom. The van der Waals surface area contributed by atoms with Crippen molar-refractivity contribution in [3.8, 4) is 0 Å². The van der Waals surface area contributed by atoms with Gasteiger partial charge in [0.2, 0.25) is 5.91 Å². The third-order valence-corrected chi connectivity index (χ3v) is 7.86. The summed E-state index contributed by atoms with van der Waals surface area (Å²) in [6, 6.07) is 6.57. The minimum absolute atomic E-state index is 0.0895. The van der Waals surface area contributed by atoms with E-state index in [-0.39, 0.29) is 23.8 Å². The van der Waals surface area contributed by atoms with Crippen LogP contribution in [-0.2, 0) is 10.2 Å². The monoisotopic (exact) mass is 429 g/mol. The summed E-state index contributed by atoms with van der Waals surface area (Å²) in [5.74, 6) is 2.03. The standard InChI is InChI=1S/C22H24ClN3O2S/c23-17-3-1-16(2-4-17)20(28)24-11-19(27)26-21-25-18(12-29-21)22-8-13-5-14(9-22)7-15(6-13)10-22/h1-4,12-15H,5-11H2,(H,24,28)(H,25,26,27). The number of halogens is 1. The average Bonchev–Trinajstić information content (AvgIpc) is 3.15. The molecule has 0 aliphatic heterocycles. The van der Waals surface area contributed by atoms with Crippen molar-refractivity contribution in [3.05, 3.63) is 45.9 Å². The Morgan fingerprint density at radius 1 is 1.07 bits per heavy atom. The van der Waals surface area contributed by atoms with E-state index in [1.54, 1.807) is 24.3 Å². The number of nitrogens with zero attached hydrogens (tertiary/aromatic N) is 1. The predicted molar refractivity (Wildman–Crippen MR) is 114 cm³/mol. The Labute approximate surface area is 179 Å². The lowest BCUT2D eigenvalue weighted by Gasteiger charge is -2.56. The topological polar surface area (TPSA) is 71.1 Å². The highest BCUT2D eigenvalue weighted by Crippen LogP contribution is 2.60. The fourth-order valence-corrected chi connectivity index (χ4v) is 7.00. The normalized spacial score (nSPS) is 29.6. The molecule has 4 aliphatic rings. The van der Waals surface area contributed by atoms with Crippen LogP contribution in [0.25, 0.3) is 0 Å². The quantitative estimate of drug-likeness (QED) is 0.727. The van der Waals surface area contributed by atoms with E-state index in [2.05, 4.69) is 16.0 Å². The zero-order chi connectivity index (χ0) is 20.0. The van der Waals surface area contributed by atoms with Crippen LogP contribution in [0.2, 0.25) is 5.02 Å². The second-order valence-electron chi connectivity index (χ2n) is 8.97. The van der Waals surface area contributed by atoms with E-state index in [1.807, 2.05) is 0 Å². The van der Waals surface area contributed by atoms with Crippen LogP contribution in [0.15, 0.2) is 29.6 Å². The minimum Gasteiger partial charge on any atom is -0.343 e. The second-order valence-corrected chi connectivity index (χ2v) is 10.3. The molecule has 1 aromatic heterocycles. The maximum absolute atomic E-state index is 12.3. The van der Waals surface area contributed by atoms with Gasteiger partial charge in [0.05, 0.1) is 12.2 Å². The maximum Gasteiger partial charge on any atom is 0.251 e. The van der Waals surface area contributed by atoms with Crippen LogP contribution >= 0.6 is 22.9 Å². The Hall–Kier alpha value is -1.92. The van der Waals surface area contributed by atoms with E-state index >= 15 is 0 Å². The number of nitrogens with one attached hydrogen (secondary N) is 2. The highest BCUT2D eigenvalue weighted by molar-refractivity contribution is 7.14. The molecule has 0 atom stereocenters. The van der Waals surface area contributed by atoms with E-state index in [4.69, 9.17) is 16.6 Å². The summed E-state index contributed by atoms with van der Waals surface area (Å²) < 4.78 is 0. The van der Waals surface area contributed by atoms with Gasteiger partial charge in [0.15, 0.2) is 5.13 Å². The molecule has 4 saturated carbocycles. The van der Waals surface area contributed by atoms with E-state index in [0.717, 1.165) is 17.8 Å². The molecule has 0 spiro atoms. The lowest BCUT2D eigenvalue weighted by atomic mass is 9.49. The van der Waals surface area contributed by atoms with Gasteiger partial charge in [0.25, 0.3) is 5.91 Å². The molecule has 2 amide bonds. The molecule has 4 aliphatic carbocycles. The molecule has 7 heteroatoms. The Kier molecular flexibility index (Phi) is 4.87. The molecule has 1 aromatic carbocycles. The number of aromatic nitrogens is 1. The number of carbonyl (C=O) groups excluding carboxylic acids is 2. The number of rotatable bonds is 5. The summed E-state index contributed by atoms with van der Waals surface area (Å²) >= 11 is 7.32. The van der Waals surface area contributed by atoms with Crippen molar-refractivity contribution >= 4 is 39.9 Å². The lowest BCUT2D eigenvalue weighted by molar-refractivity contribution is -0.115. The zero-order valence-electron chi connectivity index (χ0n) is 16.1. The van der Waals surface area contributed by atoms with Gasteiger partial charge in [-0.25, -0.2) is 4.98 Å². The van der Waals surface area contributed by atoms with E-state index in [1.165, 1.54) is 55.6 Å². The third-order valence-electron chi connectivity index (χ3n) is 6.85. The molecule has 4 fully saturated rings. The molecule has 152 valence electrons. The van der Waals surface area contributed by atoms with E-state index < -0.39 is 0 Å². The van der Waals surface area contributed by atoms with Gasteiger partial charge in [0.1, 0.15) is 0 Å². The molecular weight excluding hydrogens is 406 g/mol. The predicted octanol–water partition coefficient (Wildman–Crippen LogP) is 4.63. The number of thiazole rings is 1. The fraction of sp³-hybridized carbons (Fsp3) is 0.500. The number of benzene rings is 1. The highest BCUT2D eigenvalue weighted by atomic mass is 35.5. The van der Waals surface area contributed by atoms with Gasteiger partial charge in [-0.05, 0) is 80.5 Å². The van der Waals surface area contributed by atoms with Gasteiger partial charge in [-0.15, -0.1) is 11.3 Å². The van der Waals surface area contributed by atoms with Crippen LogP contribution in [0, 0.1) is 17.8 Å². The smallest absolute Gasteiger partial charge is 0.251 e. The first-order valence-corrected chi connectivity index (χ1v) is 11.5. The maximum atomic E-state index is 12.3. The van der Waals surface area contributed by atoms with Crippen molar-refractivity contribution in [2.24, 2.45) is 17.8 Å². The number of hydrogen-bond donors (Lipinski definition) is 2. The Bertz CT molecular complexity index is 905. The van der Waals surface area contributed by atoms with Gasteiger partial charge in [-0.1, -0.05) is 11.6 Å². The van der Waals surface area contributed by atoms with E-state index in [9.17, 15) is 9.59 Å². The Morgan fingerprint density at radius 2 is 1.69 bits per heavy atom. The first-order valence-electron chi connectivity index (χ1n) is 10.3. The van der Waals surface area contributed by atoms with Crippen LogP contribution in [0.1, 0.15) is 54.6 Å². The van der Waals surface area contributed by atoms with Gasteiger partial charge in [0, 0.05) is 21.4 Å². The molecule has 29 heavy (non-hydrogen) atoms. The van der Waals surface area contributed by atoms with Crippen molar-refractivity contribution in [2.75, 3.05) is 11.9 Å². The molecule has 4 bridgehead atoms. The van der Waals surface area contributed by atoms with Crippen LogP contribution in [-0.4, -0.2) is 23.3 Å². The van der Waals surface area contributed by atoms with Crippen LogP contribution < -0.4 is 10.6 Å². The van der Waals surface area contributed by atoms with Crippen molar-refractivity contribution in [1.29, 1.82) is 0 Å². The number of hydrogen-bond acceptors (Lipinski definition) is 4.